The molecule has 1 amide bonds. The number of aliphatic hydroxyl groups is 2. The van der Waals surface area contributed by atoms with Gasteiger partial charge in [-0.25, -0.2) is 0 Å². The summed E-state index contributed by atoms with van der Waals surface area (Å²) in [5, 5.41) is 32.5. The van der Waals surface area contributed by atoms with E-state index in [1.165, 1.54) is 5.69 Å². The van der Waals surface area contributed by atoms with Crippen molar-refractivity contribution < 1.29 is 19.4 Å². The third-order valence-electron chi connectivity index (χ3n) is 5.86. The number of hydrogen-bond donors (Lipinski definition) is 3. The Morgan fingerprint density at radius 2 is 1.77 bits per heavy atom. The van der Waals surface area contributed by atoms with E-state index >= 15 is 0 Å². The highest BCUT2D eigenvalue weighted by Gasteiger charge is 2.17. The summed E-state index contributed by atoms with van der Waals surface area (Å²) in [6.07, 6.45) is 1.12. The van der Waals surface area contributed by atoms with Crippen molar-refractivity contribution in [2.45, 2.75) is 39.7 Å². The van der Waals surface area contributed by atoms with Crippen molar-refractivity contribution in [1.29, 1.82) is 5.26 Å². The van der Waals surface area contributed by atoms with Gasteiger partial charge in [0.15, 0.2) is 0 Å². The van der Waals surface area contributed by atoms with Gasteiger partial charge in [-0.2, -0.15) is 5.26 Å². The summed E-state index contributed by atoms with van der Waals surface area (Å²) in [7, 11) is 0. The number of benzene rings is 2. The number of fused-ring (bicyclic) bond motifs is 1. The molecule has 184 valence electrons. The van der Waals surface area contributed by atoms with E-state index in [4.69, 9.17) is 9.52 Å². The van der Waals surface area contributed by atoms with Crippen molar-refractivity contribution in [2.24, 2.45) is 0 Å². The number of carbonyl (C=O) groups excluding carboxylic acids is 1. The minimum Gasteiger partial charge on any atom is -0.456 e. The molecule has 0 spiro atoms. The fourth-order valence-electron chi connectivity index (χ4n) is 3.98. The highest BCUT2D eigenvalue weighted by molar-refractivity contribution is 6.04. The lowest BCUT2D eigenvalue weighted by Gasteiger charge is -2.24. The number of rotatable bonds is 11. The predicted octanol–water partition coefficient (Wildman–Crippen LogP) is 4.49. The molecule has 35 heavy (non-hydrogen) atoms. The molecule has 3 N–H and O–H groups in total. The molecule has 1 unspecified atom stereocenters. The van der Waals surface area contributed by atoms with Crippen LogP contribution in [0.15, 0.2) is 58.5 Å². The molecule has 0 fully saturated rings. The molecule has 1 atom stereocenters. The van der Waals surface area contributed by atoms with E-state index in [0.717, 1.165) is 42.3 Å². The number of allylic oxidation sites excluding steroid dienone is 1. The van der Waals surface area contributed by atoms with Gasteiger partial charge in [0, 0.05) is 36.5 Å². The van der Waals surface area contributed by atoms with E-state index in [1.807, 2.05) is 18.2 Å². The summed E-state index contributed by atoms with van der Waals surface area (Å²) in [6.45, 7) is 7.47. The number of nitrogens with zero attached hydrogens (tertiary/aromatic N) is 2. The first-order chi connectivity index (χ1) is 16.9. The van der Waals surface area contributed by atoms with Crippen molar-refractivity contribution in [3.05, 3.63) is 59.9 Å². The fourth-order valence-corrected chi connectivity index (χ4v) is 3.98. The van der Waals surface area contributed by atoms with Crippen molar-refractivity contribution in [2.75, 3.05) is 31.1 Å². The molecule has 0 saturated heterocycles. The summed E-state index contributed by atoms with van der Waals surface area (Å²) < 4.78 is 6.00. The normalized spacial score (nSPS) is 12.7. The highest BCUT2D eigenvalue weighted by Crippen LogP contribution is 2.31. The molecule has 0 bridgehead atoms. The van der Waals surface area contributed by atoms with Gasteiger partial charge >= 0.3 is 0 Å². The monoisotopic (exact) mass is 475 g/mol. The number of furan rings is 1. The van der Waals surface area contributed by atoms with Crippen molar-refractivity contribution in [1.82, 2.24) is 5.32 Å². The van der Waals surface area contributed by atoms with E-state index in [2.05, 4.69) is 54.4 Å². The molecular formula is C28H33N3O4. The van der Waals surface area contributed by atoms with Crippen molar-refractivity contribution >= 4 is 27.9 Å². The maximum absolute atomic E-state index is 12.4. The van der Waals surface area contributed by atoms with Crippen LogP contribution in [0.3, 0.4) is 0 Å². The topological polar surface area (TPSA) is 110 Å². The third-order valence-corrected chi connectivity index (χ3v) is 5.86. The first kappa shape index (κ1) is 26.0. The number of amides is 1. The molecule has 0 saturated carbocycles. The Bertz CT molecular complexity index is 1230. The molecule has 1 aromatic heterocycles. The van der Waals surface area contributed by atoms with Crippen molar-refractivity contribution in [3.8, 4) is 17.4 Å². The van der Waals surface area contributed by atoms with Gasteiger partial charge < -0.3 is 24.8 Å². The van der Waals surface area contributed by atoms with Gasteiger partial charge in [-0.05, 0) is 60.9 Å². The van der Waals surface area contributed by atoms with Crippen LogP contribution < -0.4 is 10.2 Å². The van der Waals surface area contributed by atoms with Gasteiger partial charge in [0.2, 0.25) is 0 Å². The standard InChI is InChI=1S/C28H33N3O4/c1-4-12-31(13-5-2)23-9-8-20-14-22(7-6-21(20)15-23)27-11-10-26(35-27)19(3)25(16-29)28(34)30-17-24(33)18-32/h6-11,14-15,24,32-33H,4-5,12-13,17-18H2,1-3H3,(H,30,34). The number of nitrogens with one attached hydrogen (secondary N) is 1. The highest BCUT2D eigenvalue weighted by atomic mass is 16.3. The number of nitriles is 1. The maximum atomic E-state index is 12.4. The number of hydrogen-bond acceptors (Lipinski definition) is 6. The summed E-state index contributed by atoms with van der Waals surface area (Å²) >= 11 is 0. The Labute approximate surface area is 206 Å². The Morgan fingerprint density at radius 3 is 2.43 bits per heavy atom. The van der Waals surface area contributed by atoms with Crippen LogP contribution in [-0.2, 0) is 4.79 Å². The molecule has 0 aliphatic heterocycles. The Balaban J connectivity index is 1.85. The smallest absolute Gasteiger partial charge is 0.262 e. The second kappa shape index (κ2) is 12.2. The van der Waals surface area contributed by atoms with Crippen LogP contribution in [0.1, 0.15) is 39.4 Å². The molecule has 0 aliphatic rings. The van der Waals surface area contributed by atoms with E-state index in [9.17, 15) is 15.2 Å². The lowest BCUT2D eigenvalue weighted by Crippen LogP contribution is -2.34. The fraction of sp³-hybridized carbons (Fsp3) is 0.357. The van der Waals surface area contributed by atoms with Crippen molar-refractivity contribution in [3.63, 3.8) is 0 Å². The first-order valence-electron chi connectivity index (χ1n) is 12.0. The van der Waals surface area contributed by atoms with Crippen LogP contribution in [0.25, 0.3) is 27.7 Å². The number of carbonyl (C=O) groups is 1. The van der Waals surface area contributed by atoms with Gasteiger partial charge in [0.1, 0.15) is 23.2 Å². The predicted molar refractivity (Wildman–Crippen MR) is 139 cm³/mol. The minimum absolute atomic E-state index is 0.106. The molecule has 3 aromatic rings. The van der Waals surface area contributed by atoms with Crippen LogP contribution in [0.2, 0.25) is 0 Å². The van der Waals surface area contributed by atoms with E-state index in [0.29, 0.717) is 17.1 Å². The Kier molecular flexibility index (Phi) is 9.07. The van der Waals surface area contributed by atoms with Crippen LogP contribution in [0.4, 0.5) is 5.69 Å². The molecule has 2 aromatic carbocycles. The Morgan fingerprint density at radius 1 is 1.09 bits per heavy atom. The third kappa shape index (κ3) is 6.30. The number of aliphatic hydroxyl groups excluding tert-OH is 2. The number of anilines is 1. The van der Waals surface area contributed by atoms with Crippen LogP contribution >= 0.6 is 0 Å². The first-order valence-corrected chi connectivity index (χ1v) is 12.0. The zero-order chi connectivity index (χ0) is 25.4. The summed E-state index contributed by atoms with van der Waals surface area (Å²) in [6, 6.07) is 18.1. The summed E-state index contributed by atoms with van der Waals surface area (Å²) in [5.74, 6) is 0.425. The maximum Gasteiger partial charge on any atom is 0.262 e. The van der Waals surface area contributed by atoms with E-state index < -0.39 is 18.6 Å². The molecule has 3 rings (SSSR count). The lowest BCUT2D eigenvalue weighted by molar-refractivity contribution is -0.117. The molecule has 1 heterocycles. The van der Waals surface area contributed by atoms with E-state index in [1.54, 1.807) is 13.0 Å². The summed E-state index contributed by atoms with van der Waals surface area (Å²) in [4.78, 5) is 14.8. The molecule has 0 radical (unpaired) electrons. The summed E-state index contributed by atoms with van der Waals surface area (Å²) in [5.41, 5.74) is 2.42. The second-order valence-electron chi connectivity index (χ2n) is 8.56. The molecule has 0 aliphatic carbocycles. The van der Waals surface area contributed by atoms with E-state index in [-0.39, 0.29) is 12.1 Å². The van der Waals surface area contributed by atoms with Gasteiger partial charge in [0.05, 0.1) is 12.7 Å². The second-order valence-corrected chi connectivity index (χ2v) is 8.56. The van der Waals surface area contributed by atoms with Crippen LogP contribution in [-0.4, -0.2) is 48.5 Å². The minimum atomic E-state index is -1.08. The largest absolute Gasteiger partial charge is 0.456 e. The van der Waals surface area contributed by atoms with Gasteiger partial charge in [-0.1, -0.05) is 32.0 Å². The zero-order valence-electron chi connectivity index (χ0n) is 20.5. The quantitative estimate of drug-likeness (QED) is 0.278. The SMILES string of the molecule is CCCN(CCC)c1ccc2cc(-c3ccc(C(C)=C(C#N)C(=O)NCC(O)CO)o3)ccc2c1. The zero-order valence-corrected chi connectivity index (χ0v) is 20.5. The van der Waals surface area contributed by atoms with Gasteiger partial charge in [0.25, 0.3) is 5.91 Å². The Hall–Kier alpha value is -3.60. The average molecular weight is 476 g/mol. The van der Waals surface area contributed by atoms with Crippen LogP contribution in [0.5, 0.6) is 0 Å². The molecule has 7 heteroatoms. The lowest BCUT2D eigenvalue weighted by atomic mass is 10.0. The molecular weight excluding hydrogens is 442 g/mol. The average Bonchev–Trinajstić information content (AvgIpc) is 3.37. The molecule has 7 nitrogen and oxygen atoms in total. The van der Waals surface area contributed by atoms with Gasteiger partial charge in [-0.3, -0.25) is 4.79 Å². The van der Waals surface area contributed by atoms with Gasteiger partial charge in [-0.15, -0.1) is 0 Å². The van der Waals surface area contributed by atoms with Crippen LogP contribution in [0, 0.1) is 11.3 Å².